The van der Waals surface area contributed by atoms with Crippen molar-refractivity contribution in [1.82, 2.24) is 14.9 Å². The summed E-state index contributed by atoms with van der Waals surface area (Å²) in [6, 6.07) is 1.76. The molecule has 1 aliphatic heterocycles. The molecule has 2 rings (SSSR count). The fraction of sp³-hybridized carbons (Fsp3) is 0.615. The van der Waals surface area contributed by atoms with Gasteiger partial charge in [-0.3, -0.25) is 4.79 Å². The maximum Gasteiger partial charge on any atom is 0.226 e. The predicted octanol–water partition coefficient (Wildman–Crippen LogP) is 1.78. The number of carbonyl (C=O) groups is 1. The molecule has 1 amide bonds. The van der Waals surface area contributed by atoms with Crippen molar-refractivity contribution < 1.29 is 4.79 Å². The Labute approximate surface area is 128 Å². The van der Waals surface area contributed by atoms with Gasteiger partial charge in [0.1, 0.15) is 17.3 Å². The zero-order chi connectivity index (χ0) is 14.5. The molecule has 1 saturated heterocycles. The smallest absolute Gasteiger partial charge is 0.226 e. The Kier molecular flexibility index (Phi) is 5.48. The number of thioether (sulfide) groups is 1. The summed E-state index contributed by atoms with van der Waals surface area (Å²) >= 11 is 7.59. The van der Waals surface area contributed by atoms with Gasteiger partial charge in [0.2, 0.25) is 5.91 Å². The van der Waals surface area contributed by atoms with E-state index in [9.17, 15) is 4.79 Å². The third-order valence-corrected chi connectivity index (χ3v) is 4.41. The quantitative estimate of drug-likeness (QED) is 0.793. The summed E-state index contributed by atoms with van der Waals surface area (Å²) in [4.78, 5) is 24.4. The van der Waals surface area contributed by atoms with E-state index in [4.69, 9.17) is 11.6 Å². The molecule has 0 N–H and O–H groups in total. The van der Waals surface area contributed by atoms with Crippen molar-refractivity contribution in [3.05, 3.63) is 17.5 Å². The van der Waals surface area contributed by atoms with Gasteiger partial charge in [0.15, 0.2) is 0 Å². The highest BCUT2D eigenvalue weighted by molar-refractivity contribution is 7.98. The number of piperazine rings is 1. The fourth-order valence-corrected chi connectivity index (χ4v) is 3.07. The van der Waals surface area contributed by atoms with Crippen LogP contribution >= 0.6 is 23.4 Å². The molecule has 1 aliphatic rings. The molecule has 1 fully saturated rings. The third-order valence-electron chi connectivity index (χ3n) is 3.37. The minimum absolute atomic E-state index is 0.0880. The lowest BCUT2D eigenvalue weighted by Gasteiger charge is -2.36. The first kappa shape index (κ1) is 15.4. The first-order chi connectivity index (χ1) is 9.61. The first-order valence-corrected chi connectivity index (χ1v) is 8.39. The summed E-state index contributed by atoms with van der Waals surface area (Å²) in [6.07, 6.45) is 3.50. The first-order valence-electron chi connectivity index (χ1n) is 6.62. The molecule has 0 aliphatic carbocycles. The summed E-state index contributed by atoms with van der Waals surface area (Å²) in [7, 11) is 0. The van der Waals surface area contributed by atoms with Crippen LogP contribution in [-0.2, 0) is 4.79 Å². The normalized spacial score (nSPS) is 17.1. The second kappa shape index (κ2) is 7.13. The van der Waals surface area contributed by atoms with Crippen LogP contribution in [0.2, 0.25) is 5.15 Å². The van der Waals surface area contributed by atoms with Crippen molar-refractivity contribution in [1.29, 1.82) is 0 Å². The van der Waals surface area contributed by atoms with E-state index in [0.717, 1.165) is 37.7 Å². The molecule has 0 radical (unpaired) electrons. The van der Waals surface area contributed by atoms with Crippen LogP contribution in [0.5, 0.6) is 0 Å². The number of hydrogen-bond donors (Lipinski definition) is 0. The van der Waals surface area contributed by atoms with Gasteiger partial charge in [0.05, 0.1) is 0 Å². The summed E-state index contributed by atoms with van der Waals surface area (Å²) in [5, 5.41) is 0.446. The van der Waals surface area contributed by atoms with Crippen molar-refractivity contribution in [3.8, 4) is 0 Å². The maximum atomic E-state index is 12.2. The van der Waals surface area contributed by atoms with Crippen LogP contribution < -0.4 is 4.90 Å². The van der Waals surface area contributed by atoms with Gasteiger partial charge >= 0.3 is 0 Å². The number of anilines is 1. The highest BCUT2D eigenvalue weighted by Gasteiger charge is 2.25. The molecule has 5 nitrogen and oxygen atoms in total. The minimum Gasteiger partial charge on any atom is -0.353 e. The lowest BCUT2D eigenvalue weighted by Crippen LogP contribution is -2.50. The van der Waals surface area contributed by atoms with Gasteiger partial charge < -0.3 is 9.80 Å². The molecule has 0 aromatic carbocycles. The minimum atomic E-state index is 0.0880. The Morgan fingerprint density at radius 2 is 2.10 bits per heavy atom. The SMILES string of the molecule is CSCC(C)C(=O)N1CCN(c2cc(Cl)ncn2)CC1. The van der Waals surface area contributed by atoms with E-state index in [1.165, 1.54) is 6.33 Å². The summed E-state index contributed by atoms with van der Waals surface area (Å²) in [6.45, 7) is 5.03. The molecule has 110 valence electrons. The molecule has 1 atom stereocenters. The number of halogens is 1. The highest BCUT2D eigenvalue weighted by atomic mass is 35.5. The van der Waals surface area contributed by atoms with Crippen LogP contribution in [0, 0.1) is 5.92 Å². The molecule has 0 saturated carbocycles. The summed E-state index contributed by atoms with van der Waals surface area (Å²) in [5.74, 6) is 2.04. The summed E-state index contributed by atoms with van der Waals surface area (Å²) in [5.41, 5.74) is 0. The summed E-state index contributed by atoms with van der Waals surface area (Å²) < 4.78 is 0. The van der Waals surface area contributed by atoms with E-state index >= 15 is 0 Å². The fourth-order valence-electron chi connectivity index (χ4n) is 2.29. The lowest BCUT2D eigenvalue weighted by atomic mass is 10.1. The predicted molar refractivity (Wildman–Crippen MR) is 83.4 cm³/mol. The van der Waals surface area contributed by atoms with Gasteiger partial charge in [-0.2, -0.15) is 11.8 Å². The number of nitrogens with zero attached hydrogens (tertiary/aromatic N) is 4. The number of carbonyl (C=O) groups excluding carboxylic acids is 1. The van der Waals surface area contributed by atoms with Crippen LogP contribution in [0.4, 0.5) is 5.82 Å². The average molecular weight is 315 g/mol. The van der Waals surface area contributed by atoms with Gasteiger partial charge in [0.25, 0.3) is 0 Å². The standard InChI is InChI=1S/C13H19ClN4OS/c1-10(8-20-2)13(19)18-5-3-17(4-6-18)12-7-11(14)15-9-16-12/h7,9-10H,3-6,8H2,1-2H3. The number of hydrogen-bond acceptors (Lipinski definition) is 5. The molecule has 1 unspecified atom stereocenters. The highest BCUT2D eigenvalue weighted by Crippen LogP contribution is 2.17. The third kappa shape index (κ3) is 3.76. The molecular formula is C13H19ClN4OS. The van der Waals surface area contributed by atoms with Crippen LogP contribution in [-0.4, -0.2) is 59.0 Å². The zero-order valence-corrected chi connectivity index (χ0v) is 13.3. The van der Waals surface area contributed by atoms with Crippen molar-refractivity contribution in [2.45, 2.75) is 6.92 Å². The number of rotatable bonds is 4. The molecule has 1 aromatic rings. The molecule has 1 aromatic heterocycles. The molecular weight excluding hydrogens is 296 g/mol. The van der Waals surface area contributed by atoms with Gasteiger partial charge in [-0.05, 0) is 6.26 Å². The topological polar surface area (TPSA) is 49.3 Å². The van der Waals surface area contributed by atoms with E-state index in [-0.39, 0.29) is 11.8 Å². The van der Waals surface area contributed by atoms with Crippen LogP contribution in [0.3, 0.4) is 0 Å². The van der Waals surface area contributed by atoms with Crippen LogP contribution in [0.15, 0.2) is 12.4 Å². The largest absolute Gasteiger partial charge is 0.353 e. The van der Waals surface area contributed by atoms with E-state index in [1.54, 1.807) is 17.8 Å². The molecule has 0 spiro atoms. The Hall–Kier alpha value is -1.01. The number of aromatic nitrogens is 2. The molecule has 7 heteroatoms. The second-order valence-electron chi connectivity index (χ2n) is 4.87. The van der Waals surface area contributed by atoms with Gasteiger partial charge in [-0.25, -0.2) is 9.97 Å². The number of amides is 1. The van der Waals surface area contributed by atoms with E-state index < -0.39 is 0 Å². The Morgan fingerprint density at radius 1 is 1.40 bits per heavy atom. The lowest BCUT2D eigenvalue weighted by molar-refractivity contribution is -0.134. The Balaban J connectivity index is 1.91. The van der Waals surface area contributed by atoms with Crippen molar-refractivity contribution >= 4 is 35.1 Å². The van der Waals surface area contributed by atoms with E-state index in [1.807, 2.05) is 18.1 Å². The van der Waals surface area contributed by atoms with Crippen molar-refractivity contribution in [3.63, 3.8) is 0 Å². The Bertz CT molecular complexity index is 465. The van der Waals surface area contributed by atoms with Crippen molar-refractivity contribution in [2.24, 2.45) is 5.92 Å². The molecule has 0 bridgehead atoms. The van der Waals surface area contributed by atoms with Crippen LogP contribution in [0.25, 0.3) is 0 Å². The second-order valence-corrected chi connectivity index (χ2v) is 6.17. The van der Waals surface area contributed by atoms with E-state index in [0.29, 0.717) is 5.15 Å². The Morgan fingerprint density at radius 3 is 2.70 bits per heavy atom. The molecule has 20 heavy (non-hydrogen) atoms. The molecule has 2 heterocycles. The van der Waals surface area contributed by atoms with E-state index in [2.05, 4.69) is 14.9 Å². The average Bonchev–Trinajstić information content (AvgIpc) is 2.47. The maximum absolute atomic E-state index is 12.2. The zero-order valence-electron chi connectivity index (χ0n) is 11.8. The van der Waals surface area contributed by atoms with Gasteiger partial charge in [-0.15, -0.1) is 0 Å². The van der Waals surface area contributed by atoms with Crippen LogP contribution in [0.1, 0.15) is 6.92 Å². The van der Waals surface area contributed by atoms with Gasteiger partial charge in [0, 0.05) is 43.9 Å². The van der Waals surface area contributed by atoms with Gasteiger partial charge in [-0.1, -0.05) is 18.5 Å². The van der Waals surface area contributed by atoms with Crippen molar-refractivity contribution in [2.75, 3.05) is 43.1 Å². The monoisotopic (exact) mass is 314 g/mol.